The fourth-order valence-electron chi connectivity index (χ4n) is 1.02. The molecule has 0 aromatic carbocycles. The third-order valence-electron chi connectivity index (χ3n) is 1.85. The van der Waals surface area contributed by atoms with Gasteiger partial charge in [0.15, 0.2) is 0 Å². The largest absolute Gasteiger partial charge is 0.382 e. The first kappa shape index (κ1) is 11.1. The summed E-state index contributed by atoms with van der Waals surface area (Å²) >= 11 is 0. The second-order valence-corrected chi connectivity index (χ2v) is 2.93. The minimum atomic E-state index is 0.544. The monoisotopic (exact) mass is 196 g/mol. The maximum atomic E-state index is 5.12. The summed E-state index contributed by atoms with van der Waals surface area (Å²) in [6.45, 7) is 3.78. The van der Waals surface area contributed by atoms with Gasteiger partial charge in [0.05, 0.1) is 25.5 Å². The quantitative estimate of drug-likeness (QED) is 0.545. The standard InChI is InChI=1S/C10H16N2O2/c1-9-4-3-5-11-10(9)8-12-14-7-6-13-2/h3-5,12H,6-8H2,1-2H3. The zero-order valence-corrected chi connectivity index (χ0v) is 8.62. The molecule has 0 saturated heterocycles. The van der Waals surface area contributed by atoms with Gasteiger partial charge in [0, 0.05) is 13.3 Å². The highest BCUT2D eigenvalue weighted by Gasteiger charge is 1.97. The normalized spacial score (nSPS) is 10.4. The van der Waals surface area contributed by atoms with Gasteiger partial charge in [-0.25, -0.2) is 0 Å². The molecule has 0 fully saturated rings. The van der Waals surface area contributed by atoms with E-state index >= 15 is 0 Å². The molecule has 4 nitrogen and oxygen atoms in total. The van der Waals surface area contributed by atoms with E-state index in [0.717, 1.165) is 11.3 Å². The number of hydrogen-bond acceptors (Lipinski definition) is 4. The average molecular weight is 196 g/mol. The van der Waals surface area contributed by atoms with Crippen molar-refractivity contribution in [3.05, 3.63) is 29.6 Å². The Labute approximate surface area is 84.2 Å². The summed E-state index contributed by atoms with van der Waals surface area (Å²) in [6, 6.07) is 3.95. The maximum Gasteiger partial charge on any atom is 0.0916 e. The number of nitrogens with one attached hydrogen (secondary N) is 1. The molecule has 0 radical (unpaired) electrons. The third-order valence-corrected chi connectivity index (χ3v) is 1.85. The van der Waals surface area contributed by atoms with Crippen LogP contribution in [0.2, 0.25) is 0 Å². The molecule has 0 atom stereocenters. The van der Waals surface area contributed by atoms with Crippen molar-refractivity contribution in [1.82, 2.24) is 10.5 Å². The highest BCUT2D eigenvalue weighted by Crippen LogP contribution is 2.01. The molecule has 1 N–H and O–H groups in total. The molecule has 1 rings (SSSR count). The van der Waals surface area contributed by atoms with E-state index in [2.05, 4.69) is 10.5 Å². The van der Waals surface area contributed by atoms with Crippen LogP contribution in [0.3, 0.4) is 0 Å². The Bertz CT molecular complexity index is 266. The van der Waals surface area contributed by atoms with Gasteiger partial charge in [0.2, 0.25) is 0 Å². The first-order chi connectivity index (χ1) is 6.84. The lowest BCUT2D eigenvalue weighted by Gasteiger charge is -2.06. The van der Waals surface area contributed by atoms with Crippen LogP contribution in [0.1, 0.15) is 11.3 Å². The lowest BCUT2D eigenvalue weighted by atomic mass is 10.2. The molecule has 0 aliphatic heterocycles. The minimum absolute atomic E-state index is 0.544. The predicted molar refractivity (Wildman–Crippen MR) is 53.6 cm³/mol. The smallest absolute Gasteiger partial charge is 0.0916 e. The van der Waals surface area contributed by atoms with Gasteiger partial charge in [-0.05, 0) is 18.6 Å². The molecule has 1 heterocycles. The number of hydrogen-bond donors (Lipinski definition) is 1. The molecule has 0 amide bonds. The second-order valence-electron chi connectivity index (χ2n) is 2.93. The SMILES string of the molecule is COCCONCc1ncccc1C. The van der Waals surface area contributed by atoms with E-state index in [1.807, 2.05) is 19.1 Å². The van der Waals surface area contributed by atoms with E-state index in [9.17, 15) is 0 Å². The van der Waals surface area contributed by atoms with Gasteiger partial charge in [-0.1, -0.05) is 6.07 Å². The molecule has 0 unspecified atom stereocenters. The van der Waals surface area contributed by atoms with E-state index in [1.165, 1.54) is 0 Å². The highest BCUT2D eigenvalue weighted by molar-refractivity contribution is 5.16. The Morgan fingerprint density at radius 1 is 1.43 bits per heavy atom. The first-order valence-electron chi connectivity index (χ1n) is 4.58. The Morgan fingerprint density at radius 3 is 3.00 bits per heavy atom. The number of hydroxylamine groups is 1. The van der Waals surface area contributed by atoms with Crippen molar-refractivity contribution >= 4 is 0 Å². The van der Waals surface area contributed by atoms with Gasteiger partial charge < -0.3 is 4.74 Å². The second kappa shape index (κ2) is 6.48. The molecule has 1 aromatic rings. The summed E-state index contributed by atoms with van der Waals surface area (Å²) in [5.74, 6) is 0. The molecule has 4 heteroatoms. The van der Waals surface area contributed by atoms with Crippen molar-refractivity contribution in [2.24, 2.45) is 0 Å². The summed E-state index contributed by atoms with van der Waals surface area (Å²) in [6.07, 6.45) is 1.78. The number of pyridine rings is 1. The summed E-state index contributed by atoms with van der Waals surface area (Å²) in [7, 11) is 1.65. The van der Waals surface area contributed by atoms with E-state index in [0.29, 0.717) is 19.8 Å². The molecule has 0 aliphatic carbocycles. The van der Waals surface area contributed by atoms with Gasteiger partial charge in [0.1, 0.15) is 0 Å². The van der Waals surface area contributed by atoms with Crippen LogP contribution >= 0.6 is 0 Å². The molecular weight excluding hydrogens is 180 g/mol. The number of methoxy groups -OCH3 is 1. The van der Waals surface area contributed by atoms with E-state index < -0.39 is 0 Å². The van der Waals surface area contributed by atoms with Crippen molar-refractivity contribution in [2.45, 2.75) is 13.5 Å². The molecule has 1 aromatic heterocycles. The number of aromatic nitrogens is 1. The Kier molecular flexibility index (Phi) is 5.14. The predicted octanol–water partition coefficient (Wildman–Crippen LogP) is 1.06. The van der Waals surface area contributed by atoms with Gasteiger partial charge in [-0.3, -0.25) is 9.82 Å². The van der Waals surface area contributed by atoms with E-state index in [4.69, 9.17) is 9.57 Å². The van der Waals surface area contributed by atoms with Crippen molar-refractivity contribution in [3.8, 4) is 0 Å². The van der Waals surface area contributed by atoms with Crippen LogP contribution in [0.25, 0.3) is 0 Å². The zero-order chi connectivity index (χ0) is 10.2. The van der Waals surface area contributed by atoms with Crippen LogP contribution in [-0.2, 0) is 16.1 Å². The van der Waals surface area contributed by atoms with Crippen LogP contribution in [0.5, 0.6) is 0 Å². The molecule has 0 bridgehead atoms. The van der Waals surface area contributed by atoms with Gasteiger partial charge >= 0.3 is 0 Å². The van der Waals surface area contributed by atoms with Gasteiger partial charge in [0.25, 0.3) is 0 Å². The topological polar surface area (TPSA) is 43.4 Å². The fourth-order valence-corrected chi connectivity index (χ4v) is 1.02. The Morgan fingerprint density at radius 2 is 2.29 bits per heavy atom. The van der Waals surface area contributed by atoms with Crippen molar-refractivity contribution in [3.63, 3.8) is 0 Å². The molecule has 78 valence electrons. The molecule has 0 saturated carbocycles. The van der Waals surface area contributed by atoms with Gasteiger partial charge in [-0.2, -0.15) is 5.48 Å². The highest BCUT2D eigenvalue weighted by atomic mass is 16.7. The average Bonchev–Trinajstić information content (AvgIpc) is 2.20. The summed E-state index contributed by atoms with van der Waals surface area (Å²) in [4.78, 5) is 9.34. The molecule has 0 aliphatic rings. The van der Waals surface area contributed by atoms with E-state index in [1.54, 1.807) is 13.3 Å². The zero-order valence-electron chi connectivity index (χ0n) is 8.62. The Hall–Kier alpha value is -0.970. The van der Waals surface area contributed by atoms with Crippen LogP contribution in [0.15, 0.2) is 18.3 Å². The summed E-state index contributed by atoms with van der Waals surface area (Å²) in [5, 5.41) is 0. The molecule has 0 spiro atoms. The number of aryl methyl sites for hydroxylation is 1. The minimum Gasteiger partial charge on any atom is -0.382 e. The lowest BCUT2D eigenvalue weighted by Crippen LogP contribution is -2.18. The van der Waals surface area contributed by atoms with Crippen molar-refractivity contribution in [1.29, 1.82) is 0 Å². The molecular formula is C10H16N2O2. The van der Waals surface area contributed by atoms with Crippen LogP contribution in [-0.4, -0.2) is 25.3 Å². The number of nitrogens with zero attached hydrogens (tertiary/aromatic N) is 1. The fraction of sp³-hybridized carbons (Fsp3) is 0.500. The maximum absolute atomic E-state index is 5.12. The van der Waals surface area contributed by atoms with Gasteiger partial charge in [-0.15, -0.1) is 0 Å². The number of ether oxygens (including phenoxy) is 1. The van der Waals surface area contributed by atoms with Crippen molar-refractivity contribution < 1.29 is 9.57 Å². The van der Waals surface area contributed by atoms with Crippen molar-refractivity contribution in [2.75, 3.05) is 20.3 Å². The van der Waals surface area contributed by atoms with Crippen LogP contribution < -0.4 is 5.48 Å². The van der Waals surface area contributed by atoms with Crippen LogP contribution in [0, 0.1) is 6.92 Å². The number of rotatable bonds is 6. The van der Waals surface area contributed by atoms with E-state index in [-0.39, 0.29) is 0 Å². The molecule has 14 heavy (non-hydrogen) atoms. The first-order valence-corrected chi connectivity index (χ1v) is 4.58. The Balaban J connectivity index is 2.21. The third kappa shape index (κ3) is 3.83. The van der Waals surface area contributed by atoms with Crippen LogP contribution in [0.4, 0.5) is 0 Å². The lowest BCUT2D eigenvalue weighted by molar-refractivity contribution is 0.00291. The summed E-state index contributed by atoms with van der Waals surface area (Å²) < 4.78 is 4.84. The summed E-state index contributed by atoms with van der Waals surface area (Å²) in [5.41, 5.74) is 5.00.